The van der Waals surface area contributed by atoms with Crippen LogP contribution in [0.25, 0.3) is 118 Å². The van der Waals surface area contributed by atoms with Crippen LogP contribution in [-0.4, -0.2) is 15.8 Å². The largest absolute Gasteiger partial charge is 0.309 e. The second-order valence-electron chi connectivity index (χ2n) is 30.0. The van der Waals surface area contributed by atoms with Crippen LogP contribution in [0.2, 0.25) is 0 Å². The van der Waals surface area contributed by atoms with E-state index in [4.69, 9.17) is 0 Å². The summed E-state index contributed by atoms with van der Waals surface area (Å²) >= 11 is 3.77. The van der Waals surface area contributed by atoms with Crippen molar-refractivity contribution in [3.05, 3.63) is 284 Å². The van der Waals surface area contributed by atoms with Crippen LogP contribution < -0.4 is 26.2 Å². The number of aromatic nitrogens is 2. The number of thiophene rings is 2. The topological polar surface area (TPSA) is 16.3 Å². The average Bonchev–Trinajstić information content (AvgIpc) is 1.24. The molecule has 2 aliphatic heterocycles. The highest BCUT2D eigenvalue weighted by Gasteiger charge is 2.47. The fourth-order valence-electron chi connectivity index (χ4n) is 16.5. The van der Waals surface area contributed by atoms with Gasteiger partial charge in [0, 0.05) is 95.8 Å². The van der Waals surface area contributed by atoms with Gasteiger partial charge in [0.25, 0.3) is 6.71 Å². The summed E-state index contributed by atoms with van der Waals surface area (Å²) < 4.78 is 10.3. The SMILES string of the molecule is CC(C)(C)c1ccc2c(c1)N(c1c(-c3cccc4sc5ccccc5c34)cccc1-n1c3ccccc3c3ccccc31)c1cc(C(C)(C)C)cc3c1B2c1ccc(C(C)(C)C)cc1N3c1c(-c2cccc3sc4ccccc4c23)cccc1-n1c2ccccc2c2ccccc21. The first kappa shape index (κ1) is 58.0. The van der Waals surface area contributed by atoms with Crippen molar-refractivity contribution in [2.24, 2.45) is 0 Å². The zero-order valence-corrected chi connectivity index (χ0v) is 57.7. The molecule has 17 aromatic rings. The predicted molar refractivity (Wildman–Crippen MR) is 422 cm³/mol. The van der Waals surface area contributed by atoms with Gasteiger partial charge in [-0.1, -0.05) is 244 Å². The lowest BCUT2D eigenvalue weighted by atomic mass is 9.33. The van der Waals surface area contributed by atoms with E-state index in [-0.39, 0.29) is 23.0 Å². The Balaban J connectivity index is 1.01. The van der Waals surface area contributed by atoms with Gasteiger partial charge in [-0.15, -0.1) is 22.7 Å². The maximum absolute atomic E-state index is 2.77. The zero-order valence-electron chi connectivity index (χ0n) is 56.1. The van der Waals surface area contributed by atoms with Gasteiger partial charge in [-0.25, -0.2) is 0 Å². The summed E-state index contributed by atoms with van der Waals surface area (Å²) in [4.78, 5) is 5.53. The standard InChI is InChI=1S/C90H71BN4S2/c1-88(2,3)54-46-48-67-75(50-54)94(86-63(61-32-24-44-81-83(61)65-30-14-20-42-79(65)96-81)34-22-40-73(86)92-69-36-16-10-26-57(69)58-27-11-17-37-70(58)92)77-52-56(90(7,8)9)53-78-85(77)91(67)68-49-47-55(89(4,5)6)51-76(68)95(78)87-64(62-33-25-45-82-84(62)66-31-15-21-43-80(66)97-82)35-23-41-74(87)93-71-38-18-12-28-59(71)60-29-13-19-39-72(60)93/h10-53H,1-9H3. The Bertz CT molecular complexity index is 5720. The second-order valence-corrected chi connectivity index (χ2v) is 32.1. The minimum Gasteiger partial charge on any atom is -0.309 e. The molecule has 0 saturated heterocycles. The molecule has 0 aliphatic carbocycles. The fraction of sp³-hybridized carbons (Fsp3) is 0.133. The Morgan fingerprint density at radius 2 is 0.588 bits per heavy atom. The van der Waals surface area contributed by atoms with Crippen LogP contribution in [0.4, 0.5) is 34.1 Å². The van der Waals surface area contributed by atoms with E-state index >= 15 is 0 Å². The molecule has 6 heterocycles. The van der Waals surface area contributed by atoms with Gasteiger partial charge in [0.05, 0.1) is 44.8 Å². The van der Waals surface area contributed by atoms with Crippen LogP contribution in [0.5, 0.6) is 0 Å². The molecule has 0 spiro atoms. The van der Waals surface area contributed by atoms with E-state index in [1.807, 2.05) is 22.7 Å². The third kappa shape index (κ3) is 8.60. The minimum atomic E-state index is -0.313. The van der Waals surface area contributed by atoms with Crippen LogP contribution in [0.1, 0.15) is 79.0 Å². The van der Waals surface area contributed by atoms with Gasteiger partial charge >= 0.3 is 0 Å². The first-order valence-electron chi connectivity index (χ1n) is 34.2. The van der Waals surface area contributed by atoms with E-state index in [0.717, 1.165) is 22.7 Å². The fourth-order valence-corrected chi connectivity index (χ4v) is 18.8. The number of fused-ring (bicyclic) bond motifs is 16. The number of anilines is 6. The van der Waals surface area contributed by atoms with Crippen LogP contribution in [-0.2, 0) is 16.2 Å². The summed E-state index contributed by atoms with van der Waals surface area (Å²) in [6, 6.07) is 103. The Labute approximate surface area is 574 Å². The van der Waals surface area contributed by atoms with Crippen molar-refractivity contribution in [1.82, 2.24) is 9.13 Å². The normalized spacial score (nSPS) is 13.4. The monoisotopic (exact) mass is 1280 g/mol. The zero-order chi connectivity index (χ0) is 65.5. The molecule has 2 aliphatic rings. The molecule has 97 heavy (non-hydrogen) atoms. The molecule has 4 aromatic heterocycles. The number of rotatable bonds is 6. The summed E-state index contributed by atoms with van der Waals surface area (Å²) in [6.45, 7) is 21.3. The van der Waals surface area contributed by atoms with Crippen LogP contribution >= 0.6 is 22.7 Å². The molecule has 19 rings (SSSR count). The lowest BCUT2D eigenvalue weighted by Crippen LogP contribution is -2.61. The molecular formula is C90H71BN4S2. The lowest BCUT2D eigenvalue weighted by molar-refractivity contribution is 0.590. The first-order chi connectivity index (χ1) is 47.1. The molecule has 0 N–H and O–H groups in total. The maximum Gasteiger partial charge on any atom is 0.252 e. The van der Waals surface area contributed by atoms with Gasteiger partial charge in [0.15, 0.2) is 0 Å². The molecular weight excluding hydrogens is 1210 g/mol. The smallest absolute Gasteiger partial charge is 0.252 e. The maximum atomic E-state index is 2.77. The molecule has 0 amide bonds. The van der Waals surface area contributed by atoms with Crippen LogP contribution in [0, 0.1) is 0 Å². The number of hydrogen-bond acceptors (Lipinski definition) is 4. The van der Waals surface area contributed by atoms with Crippen molar-refractivity contribution in [1.29, 1.82) is 0 Å². The molecule has 13 aromatic carbocycles. The molecule has 0 radical (unpaired) electrons. The molecule has 0 unspecified atom stereocenters. The number of benzene rings is 13. The third-order valence-electron chi connectivity index (χ3n) is 21.2. The summed E-state index contributed by atoms with van der Waals surface area (Å²) in [5.74, 6) is 0. The summed E-state index contributed by atoms with van der Waals surface area (Å²) in [5.41, 5.74) is 25.7. The van der Waals surface area contributed by atoms with Gasteiger partial charge in [-0.05, 0) is 145 Å². The highest BCUT2D eigenvalue weighted by molar-refractivity contribution is 7.26. The Hall–Kier alpha value is -10.4. The van der Waals surface area contributed by atoms with Gasteiger partial charge in [-0.2, -0.15) is 0 Å². The number of para-hydroxylation sites is 6. The van der Waals surface area contributed by atoms with E-state index in [9.17, 15) is 0 Å². The van der Waals surface area contributed by atoms with Crippen molar-refractivity contribution in [3.8, 4) is 33.6 Å². The third-order valence-corrected chi connectivity index (χ3v) is 23.4. The second kappa shape index (κ2) is 21.0. The molecule has 0 saturated carbocycles. The molecule has 4 nitrogen and oxygen atoms in total. The lowest BCUT2D eigenvalue weighted by Gasteiger charge is -2.47. The van der Waals surface area contributed by atoms with E-state index in [1.165, 1.54) is 162 Å². The van der Waals surface area contributed by atoms with Gasteiger partial charge in [-0.3, -0.25) is 0 Å². The molecule has 0 atom stereocenters. The van der Waals surface area contributed by atoms with Crippen molar-refractivity contribution >= 4 is 164 Å². The molecule has 0 fully saturated rings. The van der Waals surface area contributed by atoms with Gasteiger partial charge < -0.3 is 18.9 Å². The van der Waals surface area contributed by atoms with Crippen molar-refractivity contribution in [3.63, 3.8) is 0 Å². The quantitative estimate of drug-likeness (QED) is 0.154. The Morgan fingerprint density at radius 1 is 0.268 bits per heavy atom. The summed E-state index contributed by atoms with van der Waals surface area (Å²) in [5, 5.41) is 10.0. The summed E-state index contributed by atoms with van der Waals surface area (Å²) in [6.07, 6.45) is 0. The predicted octanol–water partition coefficient (Wildman–Crippen LogP) is 23.9. The first-order valence-corrected chi connectivity index (χ1v) is 35.8. The van der Waals surface area contributed by atoms with Gasteiger partial charge in [0.2, 0.25) is 0 Å². The van der Waals surface area contributed by atoms with E-state index in [0.29, 0.717) is 0 Å². The van der Waals surface area contributed by atoms with E-state index in [2.05, 4.69) is 348 Å². The Kier molecular flexibility index (Phi) is 12.6. The highest BCUT2D eigenvalue weighted by Crippen LogP contribution is 2.56. The summed E-state index contributed by atoms with van der Waals surface area (Å²) in [7, 11) is 0. The van der Waals surface area contributed by atoms with E-state index < -0.39 is 0 Å². The minimum absolute atomic E-state index is 0.166. The molecule has 0 bridgehead atoms. The average molecular weight is 1280 g/mol. The van der Waals surface area contributed by atoms with Crippen LogP contribution in [0.3, 0.4) is 0 Å². The van der Waals surface area contributed by atoms with Crippen molar-refractivity contribution in [2.45, 2.75) is 78.6 Å². The van der Waals surface area contributed by atoms with Crippen molar-refractivity contribution in [2.75, 3.05) is 9.80 Å². The van der Waals surface area contributed by atoms with Crippen molar-refractivity contribution < 1.29 is 0 Å². The highest BCUT2D eigenvalue weighted by atomic mass is 32.1. The van der Waals surface area contributed by atoms with Gasteiger partial charge in [0.1, 0.15) is 0 Å². The Morgan fingerprint density at radius 3 is 0.969 bits per heavy atom. The molecule has 466 valence electrons. The molecule has 7 heteroatoms. The number of nitrogens with zero attached hydrogens (tertiary/aromatic N) is 4. The number of hydrogen-bond donors (Lipinski definition) is 0. The van der Waals surface area contributed by atoms with E-state index in [1.54, 1.807) is 0 Å². The van der Waals surface area contributed by atoms with Crippen LogP contribution in [0.15, 0.2) is 267 Å².